The van der Waals surface area contributed by atoms with Gasteiger partial charge in [0.1, 0.15) is 12.9 Å². The Hall–Kier alpha value is -1.22. The molecule has 82 valence electrons. The number of methoxy groups -OCH3 is 1. The highest BCUT2D eigenvalue weighted by Gasteiger charge is 2.05. The fourth-order valence-electron chi connectivity index (χ4n) is 1.20. The van der Waals surface area contributed by atoms with Crippen LogP contribution in [0.3, 0.4) is 0 Å². The zero-order valence-electron chi connectivity index (χ0n) is 8.53. The molecule has 0 fully saturated rings. The predicted octanol–water partition coefficient (Wildman–Crippen LogP) is 2.05. The van der Waals surface area contributed by atoms with Gasteiger partial charge in [0.2, 0.25) is 0 Å². The van der Waals surface area contributed by atoms with Crippen LogP contribution in [0.2, 0.25) is 0 Å². The van der Waals surface area contributed by atoms with Crippen molar-refractivity contribution in [3.05, 3.63) is 23.8 Å². The normalized spacial score (nSPS) is 9.73. The molecule has 0 amide bonds. The van der Waals surface area contributed by atoms with Crippen molar-refractivity contribution in [2.24, 2.45) is 0 Å². The van der Waals surface area contributed by atoms with Crippen LogP contribution < -0.4 is 9.47 Å². The number of halogens is 1. The van der Waals surface area contributed by atoms with Crippen molar-refractivity contribution < 1.29 is 14.3 Å². The third-order valence-electron chi connectivity index (χ3n) is 1.88. The van der Waals surface area contributed by atoms with Crippen LogP contribution in [0.5, 0.6) is 11.5 Å². The number of alkyl halides is 1. The van der Waals surface area contributed by atoms with Gasteiger partial charge in [0.25, 0.3) is 0 Å². The SMILES string of the molecule is COc1cc(CC=O)ccc1OCCCl. The Morgan fingerprint density at radius 1 is 1.40 bits per heavy atom. The maximum Gasteiger partial charge on any atom is 0.161 e. The monoisotopic (exact) mass is 228 g/mol. The lowest BCUT2D eigenvalue weighted by Gasteiger charge is -2.10. The lowest BCUT2D eigenvalue weighted by molar-refractivity contribution is -0.107. The van der Waals surface area contributed by atoms with E-state index < -0.39 is 0 Å². The molecular weight excluding hydrogens is 216 g/mol. The molecule has 0 spiro atoms. The van der Waals surface area contributed by atoms with Crippen LogP contribution in [0, 0.1) is 0 Å². The molecule has 0 unspecified atom stereocenters. The van der Waals surface area contributed by atoms with Crippen LogP contribution in [0.4, 0.5) is 0 Å². The zero-order valence-corrected chi connectivity index (χ0v) is 9.29. The van der Waals surface area contributed by atoms with E-state index in [-0.39, 0.29) is 0 Å². The number of ether oxygens (including phenoxy) is 2. The van der Waals surface area contributed by atoms with Gasteiger partial charge in [0.15, 0.2) is 11.5 Å². The number of carbonyl (C=O) groups excluding carboxylic acids is 1. The second-order valence-corrected chi connectivity index (χ2v) is 3.27. The standard InChI is InChI=1S/C11H13ClO3/c1-14-11-8-9(4-6-13)2-3-10(11)15-7-5-12/h2-3,6,8H,4-5,7H2,1H3. The van der Waals surface area contributed by atoms with Gasteiger partial charge in [0, 0.05) is 6.42 Å². The smallest absolute Gasteiger partial charge is 0.161 e. The summed E-state index contributed by atoms with van der Waals surface area (Å²) in [6, 6.07) is 5.41. The maximum atomic E-state index is 10.3. The second kappa shape index (κ2) is 6.30. The minimum atomic E-state index is 0.381. The van der Waals surface area contributed by atoms with Crippen molar-refractivity contribution in [1.29, 1.82) is 0 Å². The Bertz CT molecular complexity index is 326. The summed E-state index contributed by atoms with van der Waals surface area (Å²) in [5, 5.41) is 0. The van der Waals surface area contributed by atoms with Crippen LogP contribution in [0.15, 0.2) is 18.2 Å². The largest absolute Gasteiger partial charge is 0.493 e. The average molecular weight is 229 g/mol. The van der Waals surface area contributed by atoms with Gasteiger partial charge in [-0.3, -0.25) is 0 Å². The third-order valence-corrected chi connectivity index (χ3v) is 2.04. The average Bonchev–Trinajstić information content (AvgIpc) is 2.27. The molecule has 0 bridgehead atoms. The van der Waals surface area contributed by atoms with E-state index >= 15 is 0 Å². The van der Waals surface area contributed by atoms with Crippen molar-refractivity contribution in [3.8, 4) is 11.5 Å². The highest BCUT2D eigenvalue weighted by atomic mass is 35.5. The maximum absolute atomic E-state index is 10.3. The zero-order chi connectivity index (χ0) is 11.1. The van der Waals surface area contributed by atoms with Crippen molar-refractivity contribution in [2.75, 3.05) is 19.6 Å². The Balaban J connectivity index is 2.82. The van der Waals surface area contributed by atoms with Gasteiger partial charge < -0.3 is 14.3 Å². The Morgan fingerprint density at radius 3 is 2.80 bits per heavy atom. The summed E-state index contributed by atoms with van der Waals surface area (Å²) in [6.45, 7) is 0.435. The van der Waals surface area contributed by atoms with Gasteiger partial charge in [0.05, 0.1) is 13.0 Å². The first-order chi connectivity index (χ1) is 7.31. The fraction of sp³-hybridized carbons (Fsp3) is 0.364. The van der Waals surface area contributed by atoms with E-state index in [1.165, 1.54) is 0 Å². The van der Waals surface area contributed by atoms with Crippen molar-refractivity contribution in [3.63, 3.8) is 0 Å². The van der Waals surface area contributed by atoms with E-state index in [0.717, 1.165) is 11.8 Å². The van der Waals surface area contributed by atoms with E-state index in [4.69, 9.17) is 21.1 Å². The topological polar surface area (TPSA) is 35.5 Å². The summed E-state index contributed by atoms with van der Waals surface area (Å²) in [4.78, 5) is 10.3. The summed E-state index contributed by atoms with van der Waals surface area (Å²) in [6.07, 6.45) is 1.24. The Kier molecular flexibility index (Phi) is 4.98. The molecule has 1 rings (SSSR count). The number of hydrogen-bond donors (Lipinski definition) is 0. The van der Waals surface area contributed by atoms with Crippen LogP contribution >= 0.6 is 11.6 Å². The molecule has 1 aromatic carbocycles. The van der Waals surface area contributed by atoms with Gasteiger partial charge in [-0.15, -0.1) is 11.6 Å². The molecule has 0 aliphatic rings. The van der Waals surface area contributed by atoms with Gasteiger partial charge in [-0.1, -0.05) is 6.07 Å². The van der Waals surface area contributed by atoms with E-state index in [2.05, 4.69) is 0 Å². The van der Waals surface area contributed by atoms with Gasteiger partial charge in [-0.05, 0) is 17.7 Å². The van der Waals surface area contributed by atoms with E-state index in [0.29, 0.717) is 30.4 Å². The summed E-state index contributed by atoms with van der Waals surface area (Å²) < 4.78 is 10.5. The Labute approximate surface area is 93.9 Å². The highest BCUT2D eigenvalue weighted by Crippen LogP contribution is 2.28. The quantitative estimate of drug-likeness (QED) is 0.552. The molecule has 0 atom stereocenters. The van der Waals surface area contributed by atoms with Gasteiger partial charge in [-0.25, -0.2) is 0 Å². The molecule has 0 aromatic heterocycles. The summed E-state index contributed by atoms with van der Waals surface area (Å²) in [7, 11) is 1.56. The van der Waals surface area contributed by atoms with Crippen molar-refractivity contribution in [2.45, 2.75) is 6.42 Å². The molecule has 0 saturated heterocycles. The first-order valence-electron chi connectivity index (χ1n) is 4.61. The van der Waals surface area contributed by atoms with Crippen molar-refractivity contribution >= 4 is 17.9 Å². The summed E-state index contributed by atoms with van der Waals surface area (Å²) in [5.74, 6) is 1.70. The Morgan fingerprint density at radius 2 is 2.20 bits per heavy atom. The predicted molar refractivity (Wildman–Crippen MR) is 59.0 cm³/mol. The molecule has 0 heterocycles. The molecule has 4 heteroatoms. The minimum Gasteiger partial charge on any atom is -0.493 e. The number of hydrogen-bond acceptors (Lipinski definition) is 3. The second-order valence-electron chi connectivity index (χ2n) is 2.89. The highest BCUT2D eigenvalue weighted by molar-refractivity contribution is 6.18. The minimum absolute atomic E-state index is 0.381. The molecule has 3 nitrogen and oxygen atoms in total. The number of aldehydes is 1. The van der Waals surface area contributed by atoms with E-state index in [1.807, 2.05) is 6.07 Å². The first-order valence-corrected chi connectivity index (χ1v) is 5.14. The molecule has 0 N–H and O–H groups in total. The number of rotatable bonds is 6. The number of carbonyl (C=O) groups is 1. The molecule has 0 aliphatic carbocycles. The van der Waals surface area contributed by atoms with Gasteiger partial charge >= 0.3 is 0 Å². The summed E-state index contributed by atoms with van der Waals surface area (Å²) >= 11 is 5.52. The van der Waals surface area contributed by atoms with Crippen LogP contribution in [0.1, 0.15) is 5.56 Å². The fourth-order valence-corrected chi connectivity index (χ4v) is 1.28. The molecular formula is C11H13ClO3. The lowest BCUT2D eigenvalue weighted by atomic mass is 10.1. The number of benzene rings is 1. The lowest BCUT2D eigenvalue weighted by Crippen LogP contribution is -2.00. The van der Waals surface area contributed by atoms with E-state index in [1.54, 1.807) is 19.2 Å². The third kappa shape index (κ3) is 3.44. The van der Waals surface area contributed by atoms with Crippen LogP contribution in [0.25, 0.3) is 0 Å². The van der Waals surface area contributed by atoms with Crippen molar-refractivity contribution in [1.82, 2.24) is 0 Å². The molecule has 0 radical (unpaired) electrons. The van der Waals surface area contributed by atoms with Crippen LogP contribution in [-0.2, 0) is 11.2 Å². The molecule has 1 aromatic rings. The molecule has 15 heavy (non-hydrogen) atoms. The van der Waals surface area contributed by atoms with E-state index in [9.17, 15) is 4.79 Å². The van der Waals surface area contributed by atoms with Gasteiger partial charge in [-0.2, -0.15) is 0 Å². The van der Waals surface area contributed by atoms with Crippen LogP contribution in [-0.4, -0.2) is 25.9 Å². The molecule has 0 saturated carbocycles. The molecule has 0 aliphatic heterocycles. The summed E-state index contributed by atoms with van der Waals surface area (Å²) in [5.41, 5.74) is 0.903. The first kappa shape index (κ1) is 11.9.